The summed E-state index contributed by atoms with van der Waals surface area (Å²) in [6.45, 7) is 8.91. The number of aliphatic hydroxyl groups is 1. The first kappa shape index (κ1) is 13.5. The number of hydrogen-bond acceptors (Lipinski definition) is 5. The number of thiazole rings is 1. The number of aromatic nitrogens is 1. The molecule has 19 heavy (non-hydrogen) atoms. The summed E-state index contributed by atoms with van der Waals surface area (Å²) in [4.78, 5) is 8.37. The summed E-state index contributed by atoms with van der Waals surface area (Å²) < 4.78 is 5.60. The molecule has 4 nitrogen and oxygen atoms in total. The van der Waals surface area contributed by atoms with Crippen molar-refractivity contribution in [2.75, 3.05) is 32.9 Å². The summed E-state index contributed by atoms with van der Waals surface area (Å²) in [5, 5.41) is 11.0. The number of aryl methyl sites for hydroxylation is 2. The Balaban J connectivity index is 1.70. The van der Waals surface area contributed by atoms with Gasteiger partial charge in [0.2, 0.25) is 0 Å². The second-order valence-corrected chi connectivity index (χ2v) is 7.27. The van der Waals surface area contributed by atoms with Gasteiger partial charge in [-0.2, -0.15) is 0 Å². The standard InChI is InChI=1S/C14H22N2O2S/c1-10-11(2)19-13(15-10)6-16-5-12-3-4-18-9-14(12,7-16)8-17/h12,17H,3-9H2,1-2H3/t12-,14+/m0/s1. The average Bonchev–Trinajstić information content (AvgIpc) is 2.90. The zero-order chi connectivity index (χ0) is 13.5. The van der Waals surface area contributed by atoms with Crippen molar-refractivity contribution < 1.29 is 9.84 Å². The highest BCUT2D eigenvalue weighted by Crippen LogP contribution is 2.41. The molecule has 1 N–H and O–H groups in total. The highest BCUT2D eigenvalue weighted by atomic mass is 32.1. The molecule has 106 valence electrons. The van der Waals surface area contributed by atoms with Gasteiger partial charge in [-0.05, 0) is 26.2 Å². The molecule has 0 amide bonds. The van der Waals surface area contributed by atoms with Crippen molar-refractivity contribution in [1.82, 2.24) is 9.88 Å². The molecule has 3 heterocycles. The van der Waals surface area contributed by atoms with Crippen LogP contribution in [0.4, 0.5) is 0 Å². The predicted molar refractivity (Wildman–Crippen MR) is 75.3 cm³/mol. The van der Waals surface area contributed by atoms with Crippen LogP contribution in [0, 0.1) is 25.2 Å². The number of nitrogens with zero attached hydrogens (tertiary/aromatic N) is 2. The number of likely N-dealkylation sites (tertiary alicyclic amines) is 1. The van der Waals surface area contributed by atoms with Crippen LogP contribution in [-0.4, -0.2) is 47.9 Å². The van der Waals surface area contributed by atoms with E-state index in [0.717, 1.165) is 38.4 Å². The van der Waals surface area contributed by atoms with E-state index in [9.17, 15) is 5.11 Å². The number of ether oxygens (including phenoxy) is 1. The maximum absolute atomic E-state index is 9.76. The molecule has 2 aliphatic rings. The molecule has 1 aromatic heterocycles. The second-order valence-electron chi connectivity index (χ2n) is 5.98. The Labute approximate surface area is 118 Å². The fraction of sp³-hybridized carbons (Fsp3) is 0.786. The molecular weight excluding hydrogens is 260 g/mol. The first-order valence-corrected chi connectivity index (χ1v) is 7.78. The topological polar surface area (TPSA) is 45.6 Å². The van der Waals surface area contributed by atoms with E-state index in [0.29, 0.717) is 12.5 Å². The van der Waals surface area contributed by atoms with E-state index in [-0.39, 0.29) is 12.0 Å². The quantitative estimate of drug-likeness (QED) is 0.914. The third-order valence-corrected chi connectivity index (χ3v) is 5.69. The van der Waals surface area contributed by atoms with E-state index in [4.69, 9.17) is 4.74 Å². The summed E-state index contributed by atoms with van der Waals surface area (Å²) in [6.07, 6.45) is 1.08. The van der Waals surface area contributed by atoms with Gasteiger partial charge in [0, 0.05) is 30.0 Å². The molecule has 2 atom stereocenters. The van der Waals surface area contributed by atoms with Crippen molar-refractivity contribution in [3.8, 4) is 0 Å². The highest BCUT2D eigenvalue weighted by Gasteiger charge is 2.48. The minimum Gasteiger partial charge on any atom is -0.396 e. The van der Waals surface area contributed by atoms with Gasteiger partial charge in [0.25, 0.3) is 0 Å². The maximum Gasteiger partial charge on any atom is 0.107 e. The van der Waals surface area contributed by atoms with Crippen LogP contribution in [0.5, 0.6) is 0 Å². The number of fused-ring (bicyclic) bond motifs is 1. The largest absolute Gasteiger partial charge is 0.396 e. The SMILES string of the molecule is Cc1nc(CN2C[C@@H]3CCOC[C@]3(CO)C2)sc1C. The molecule has 0 saturated carbocycles. The Morgan fingerprint density at radius 1 is 1.53 bits per heavy atom. The van der Waals surface area contributed by atoms with Gasteiger partial charge >= 0.3 is 0 Å². The van der Waals surface area contributed by atoms with Crippen molar-refractivity contribution >= 4 is 11.3 Å². The molecule has 1 aromatic rings. The summed E-state index contributed by atoms with van der Waals surface area (Å²) >= 11 is 1.79. The molecule has 2 aliphatic heterocycles. The van der Waals surface area contributed by atoms with Crippen molar-refractivity contribution in [2.45, 2.75) is 26.8 Å². The first-order valence-electron chi connectivity index (χ1n) is 6.97. The molecular formula is C14H22N2O2S. The highest BCUT2D eigenvalue weighted by molar-refractivity contribution is 7.11. The Bertz CT molecular complexity index is 443. The summed E-state index contributed by atoms with van der Waals surface area (Å²) in [7, 11) is 0. The minimum absolute atomic E-state index is 0.0282. The molecule has 5 heteroatoms. The van der Waals surface area contributed by atoms with E-state index in [1.54, 1.807) is 11.3 Å². The fourth-order valence-electron chi connectivity index (χ4n) is 3.35. The predicted octanol–water partition coefficient (Wildman–Crippen LogP) is 1.59. The lowest BCUT2D eigenvalue weighted by Gasteiger charge is -2.36. The van der Waals surface area contributed by atoms with Gasteiger partial charge in [0.1, 0.15) is 5.01 Å². The van der Waals surface area contributed by atoms with Crippen molar-refractivity contribution in [1.29, 1.82) is 0 Å². The Morgan fingerprint density at radius 3 is 3.00 bits per heavy atom. The molecule has 0 spiro atoms. The van der Waals surface area contributed by atoms with E-state index in [1.807, 2.05) is 0 Å². The smallest absolute Gasteiger partial charge is 0.107 e. The van der Waals surface area contributed by atoms with Crippen LogP contribution in [0.15, 0.2) is 0 Å². The van der Waals surface area contributed by atoms with Gasteiger partial charge in [-0.15, -0.1) is 11.3 Å². The van der Waals surface area contributed by atoms with Crippen molar-refractivity contribution in [2.24, 2.45) is 11.3 Å². The number of hydrogen-bond donors (Lipinski definition) is 1. The first-order chi connectivity index (χ1) is 9.13. The van der Waals surface area contributed by atoms with Gasteiger partial charge in [-0.3, -0.25) is 4.90 Å². The molecule has 0 radical (unpaired) electrons. The molecule has 0 bridgehead atoms. The zero-order valence-corrected chi connectivity index (χ0v) is 12.5. The minimum atomic E-state index is -0.0282. The lowest BCUT2D eigenvalue weighted by atomic mass is 9.76. The normalized spacial score (nSPS) is 31.6. The van der Waals surface area contributed by atoms with Gasteiger partial charge in [-0.1, -0.05) is 0 Å². The van der Waals surface area contributed by atoms with Crippen LogP contribution in [0.3, 0.4) is 0 Å². The average molecular weight is 282 g/mol. The third-order valence-electron chi connectivity index (χ3n) is 4.63. The van der Waals surface area contributed by atoms with Gasteiger partial charge in [-0.25, -0.2) is 4.98 Å². The molecule has 0 unspecified atom stereocenters. The molecule has 2 fully saturated rings. The van der Waals surface area contributed by atoms with Crippen molar-refractivity contribution in [3.63, 3.8) is 0 Å². The van der Waals surface area contributed by atoms with Gasteiger partial charge in [0.05, 0.1) is 25.5 Å². The van der Waals surface area contributed by atoms with Crippen LogP contribution in [-0.2, 0) is 11.3 Å². The van der Waals surface area contributed by atoms with Crippen LogP contribution in [0.25, 0.3) is 0 Å². The van der Waals surface area contributed by atoms with Gasteiger partial charge in [0.15, 0.2) is 0 Å². The summed E-state index contributed by atoms with van der Waals surface area (Å²) in [6, 6.07) is 0. The van der Waals surface area contributed by atoms with E-state index in [1.165, 1.54) is 9.88 Å². The Morgan fingerprint density at radius 2 is 2.37 bits per heavy atom. The zero-order valence-electron chi connectivity index (χ0n) is 11.7. The Kier molecular flexibility index (Phi) is 3.64. The monoisotopic (exact) mass is 282 g/mol. The third kappa shape index (κ3) is 2.44. The molecule has 3 rings (SSSR count). The van der Waals surface area contributed by atoms with Crippen LogP contribution in [0.2, 0.25) is 0 Å². The summed E-state index contributed by atoms with van der Waals surface area (Å²) in [5.74, 6) is 0.577. The molecule has 0 aromatic carbocycles. The van der Waals surface area contributed by atoms with E-state index in [2.05, 4.69) is 23.7 Å². The van der Waals surface area contributed by atoms with Crippen LogP contribution >= 0.6 is 11.3 Å². The van der Waals surface area contributed by atoms with Crippen molar-refractivity contribution in [3.05, 3.63) is 15.6 Å². The number of aliphatic hydroxyl groups excluding tert-OH is 1. The van der Waals surface area contributed by atoms with E-state index >= 15 is 0 Å². The lowest BCUT2D eigenvalue weighted by molar-refractivity contribution is -0.0561. The Hall–Kier alpha value is -0.490. The van der Waals surface area contributed by atoms with Crippen LogP contribution < -0.4 is 0 Å². The summed E-state index contributed by atoms with van der Waals surface area (Å²) in [5.41, 5.74) is 1.12. The maximum atomic E-state index is 9.76. The van der Waals surface area contributed by atoms with E-state index < -0.39 is 0 Å². The second kappa shape index (κ2) is 5.13. The number of rotatable bonds is 3. The fourth-order valence-corrected chi connectivity index (χ4v) is 4.33. The van der Waals surface area contributed by atoms with Crippen LogP contribution in [0.1, 0.15) is 22.0 Å². The molecule has 0 aliphatic carbocycles. The lowest BCUT2D eigenvalue weighted by Crippen LogP contribution is -2.42. The van der Waals surface area contributed by atoms with Gasteiger partial charge < -0.3 is 9.84 Å². The molecule has 2 saturated heterocycles.